The molecule has 1 atom stereocenters. The van der Waals surface area contributed by atoms with Gasteiger partial charge in [0.25, 0.3) is 6.71 Å². The Balaban J connectivity index is 1.15. The summed E-state index contributed by atoms with van der Waals surface area (Å²) in [5.41, 5.74) is 48.8. The van der Waals surface area contributed by atoms with Gasteiger partial charge in [0.15, 0.2) is 0 Å². The molecule has 0 radical (unpaired) electrons. The molecule has 3 aliphatic rings. The molecule has 12 aromatic rings. The summed E-state index contributed by atoms with van der Waals surface area (Å²) in [6.07, 6.45) is 8.08. The molecule has 2 aromatic heterocycles. The highest BCUT2D eigenvalue weighted by Gasteiger charge is 2.47. The van der Waals surface area contributed by atoms with Crippen molar-refractivity contribution >= 4 is 279 Å². The molecule has 102 heavy (non-hydrogen) atoms. The third kappa shape index (κ3) is 10.1. The number of hydrogen-bond acceptors (Lipinski definition) is 2. The van der Waals surface area contributed by atoms with Crippen molar-refractivity contribution in [2.45, 2.75) is 74.1 Å². The molecule has 0 spiro atoms. The predicted octanol–water partition coefficient (Wildman–Crippen LogP) is -2.46. The van der Waals surface area contributed by atoms with Crippen LogP contribution < -0.4 is 97.2 Å². The van der Waals surface area contributed by atoms with Gasteiger partial charge >= 0.3 is 0 Å². The van der Waals surface area contributed by atoms with Crippen molar-refractivity contribution in [3.05, 3.63) is 232 Å². The Morgan fingerprint density at radius 3 is 1.17 bits per heavy atom. The minimum Gasteiger partial charge on any atom is -0.310 e. The third-order valence-corrected chi connectivity index (χ3v) is 25.4. The molecule has 0 amide bonds. The summed E-state index contributed by atoms with van der Waals surface area (Å²) >= 11 is 0. The van der Waals surface area contributed by atoms with Gasteiger partial charge in [-0.15, -0.1) is 5.46 Å². The quantitative estimate of drug-likeness (QED) is 0.112. The number of fused-ring (bicyclic) bond motifs is 10. The fourth-order valence-electron chi connectivity index (χ4n) is 18.0. The van der Waals surface area contributed by atoms with Gasteiger partial charge < -0.3 is 18.9 Å². The Kier molecular flexibility index (Phi) is 16.8. The maximum absolute atomic E-state index is 5.31. The maximum Gasteiger partial charge on any atom is 0.252 e. The first-order valence-electron chi connectivity index (χ1n) is 37.0. The highest BCUT2D eigenvalue weighted by atomic mass is 15.2. The first-order chi connectivity index (χ1) is 48.6. The van der Waals surface area contributed by atoms with Crippen LogP contribution in [0.5, 0.6) is 0 Å². The van der Waals surface area contributed by atoms with E-state index in [0.29, 0.717) is 5.92 Å². The Morgan fingerprint density at radius 1 is 0.422 bits per heavy atom. The topological polar surface area (TPSA) is 16.3 Å². The lowest BCUT2D eigenvalue weighted by molar-refractivity contribution is 0.590. The molecule has 0 fully saturated rings. The molecule has 0 saturated carbocycles. The maximum atomic E-state index is 5.31. The zero-order chi connectivity index (χ0) is 72.5. The summed E-state index contributed by atoms with van der Waals surface area (Å²) < 4.78 is 5.33. The van der Waals surface area contributed by atoms with Crippen LogP contribution in [0, 0.1) is 26.7 Å². The molecule has 10 aromatic carbocycles. The fourth-order valence-corrected chi connectivity index (χ4v) is 18.0. The molecular weight excluding hydrogens is 1220 g/mol. The summed E-state index contributed by atoms with van der Waals surface area (Å²) in [6.45, 7) is 31.5. The zero-order valence-electron chi connectivity index (χ0n) is 64.6. The van der Waals surface area contributed by atoms with E-state index in [-0.39, 0.29) is 12.1 Å². The average Bonchev–Trinajstić information content (AvgIpc) is 0.932. The SMILES string of the molecule is Bc1c(B)c(B)c2c(c1B)c1c(B)c(C)c(B)c(B)c1n2-c1ccc2c(c1)N(/C(C(=C)C1=CCC(C)C=C1)=C(/C)c1ccccc1)c1cc(C(C)(C)C)cc3c1B2c1ccc(-n2c4c(B)c(B)c(C)c(B)c4c4c(B)c(C)c(B)c(B)c42)cc1N3/C(C(=C)c1ccccc1)=C(/C)c1ccccc1. The van der Waals surface area contributed by atoms with Crippen LogP contribution in [-0.4, -0.2) is 118 Å². The number of allylic oxidation sites excluding steroid dienone is 7. The van der Waals surface area contributed by atoms with Crippen LogP contribution in [0.1, 0.15) is 86.9 Å². The Labute approximate surface area is 617 Å². The van der Waals surface area contributed by atoms with E-state index in [2.05, 4.69) is 341 Å². The smallest absolute Gasteiger partial charge is 0.252 e. The van der Waals surface area contributed by atoms with Crippen LogP contribution in [0.25, 0.3) is 71.7 Å². The highest BCUT2D eigenvalue weighted by molar-refractivity contribution is 7.00. The molecule has 18 heteroatoms. The minimum absolute atomic E-state index is 0.240. The van der Waals surface area contributed by atoms with E-state index in [4.69, 9.17) is 13.2 Å². The number of hydrogen-bond donors (Lipinski definition) is 0. The Hall–Kier alpha value is -9.25. The standard InChI is InChI=1S/C84H86B14N4/c1-39-27-29-50(30-28-39)43(5)79(42(4)49-25-19-14-20-26-49)102-57-38-53(100-82-62(66(87)46(8)69(90)75(82)96)63-70(91)71(92)72(93)76(97)83(63)100)32-34-55(57)98-54-33-31-52(99-80-60(64(85)44(6)67(88)73(80)94)61-65(86)45(7)68(89)74(95)81(61)99)37-56(54)101(58-35-51(84(9,10)11)36-59(102)77(58)98)78(40(2)47-21-15-12-16-22-47)41(3)48-23-17-13-18-24-48/h12-27,29-39H,2,5,28,85-97H2,1,3-4,6-11H3/b78-41-,79-42-. The summed E-state index contributed by atoms with van der Waals surface area (Å²) in [6, 6.07) is 53.3. The van der Waals surface area contributed by atoms with Crippen molar-refractivity contribution in [3.8, 4) is 11.4 Å². The molecular formula is C84H86B14N4. The predicted molar refractivity (Wildman–Crippen MR) is 490 cm³/mol. The first kappa shape index (κ1) is 68.5. The second kappa shape index (κ2) is 25.0. The summed E-state index contributed by atoms with van der Waals surface area (Å²) in [5, 5.41) is 5.41. The third-order valence-electron chi connectivity index (χ3n) is 25.4. The van der Waals surface area contributed by atoms with Crippen molar-refractivity contribution in [2.75, 3.05) is 9.80 Å². The van der Waals surface area contributed by atoms with Gasteiger partial charge in [0, 0.05) is 72.3 Å². The molecule has 2 aliphatic heterocycles. The van der Waals surface area contributed by atoms with E-state index in [1.807, 2.05) is 0 Å². The molecule has 15 rings (SSSR count). The second-order valence-electron chi connectivity index (χ2n) is 31.6. The largest absolute Gasteiger partial charge is 0.310 e. The lowest BCUT2D eigenvalue weighted by Crippen LogP contribution is -2.62. The van der Waals surface area contributed by atoms with Gasteiger partial charge in [-0.25, -0.2) is 0 Å². The van der Waals surface area contributed by atoms with Crippen LogP contribution >= 0.6 is 0 Å². The molecule has 4 nitrogen and oxygen atoms in total. The van der Waals surface area contributed by atoms with Crippen molar-refractivity contribution in [1.82, 2.24) is 9.13 Å². The zero-order valence-corrected chi connectivity index (χ0v) is 64.6. The van der Waals surface area contributed by atoms with Crippen molar-refractivity contribution in [1.29, 1.82) is 0 Å². The van der Waals surface area contributed by atoms with Crippen LogP contribution in [0.4, 0.5) is 22.7 Å². The van der Waals surface area contributed by atoms with E-state index in [0.717, 1.165) is 96.5 Å². The van der Waals surface area contributed by atoms with E-state index >= 15 is 0 Å². The molecule has 0 bridgehead atoms. The number of rotatable bonds is 10. The Morgan fingerprint density at radius 2 is 0.784 bits per heavy atom. The number of aromatic nitrogens is 2. The number of anilines is 4. The second-order valence-corrected chi connectivity index (χ2v) is 31.6. The minimum atomic E-state index is -0.322. The van der Waals surface area contributed by atoms with Crippen LogP contribution in [0.15, 0.2) is 193 Å². The molecule has 0 N–H and O–H groups in total. The molecule has 484 valence electrons. The number of benzene rings is 10. The van der Waals surface area contributed by atoms with Gasteiger partial charge in [-0.2, -0.15) is 0 Å². The van der Waals surface area contributed by atoms with Crippen LogP contribution in [0.3, 0.4) is 0 Å². The molecule has 0 saturated heterocycles. The molecule has 1 aliphatic carbocycles. The number of nitrogens with zero attached hydrogens (tertiary/aromatic N) is 4. The van der Waals surface area contributed by atoms with Crippen molar-refractivity contribution in [3.63, 3.8) is 0 Å². The fraction of sp³-hybridized carbons (Fsp3) is 0.143. The lowest BCUT2D eigenvalue weighted by atomic mass is 9.33. The summed E-state index contributed by atoms with van der Waals surface area (Å²) in [4.78, 5) is 5.36. The van der Waals surface area contributed by atoms with Gasteiger partial charge in [-0.1, -0.05) is 244 Å². The lowest BCUT2D eigenvalue weighted by Gasteiger charge is -2.47. The first-order valence-corrected chi connectivity index (χ1v) is 37.0. The van der Waals surface area contributed by atoms with E-state index in [1.165, 1.54) is 153 Å². The Bertz CT molecular complexity index is 5720. The van der Waals surface area contributed by atoms with Gasteiger partial charge in [0.05, 0.1) is 11.4 Å². The summed E-state index contributed by atoms with van der Waals surface area (Å²) in [5.74, 6) is 0.417. The van der Waals surface area contributed by atoms with Gasteiger partial charge in [0.2, 0.25) is 0 Å². The normalized spacial score (nSPS) is 14.7. The monoisotopic (exact) mass is 1300 g/mol. The molecule has 1 unspecified atom stereocenters. The van der Waals surface area contributed by atoms with Crippen LogP contribution in [0.2, 0.25) is 0 Å². The van der Waals surface area contributed by atoms with E-state index in [9.17, 15) is 0 Å². The summed E-state index contributed by atoms with van der Waals surface area (Å²) in [7, 11) is 30.5. The van der Waals surface area contributed by atoms with Gasteiger partial charge in [-0.05, 0) is 161 Å². The van der Waals surface area contributed by atoms with Gasteiger partial charge in [-0.3, -0.25) is 0 Å². The highest BCUT2D eigenvalue weighted by Crippen LogP contribution is 2.50. The van der Waals surface area contributed by atoms with Crippen molar-refractivity contribution < 1.29 is 0 Å². The van der Waals surface area contributed by atoms with Crippen LogP contribution in [-0.2, 0) is 5.41 Å². The molecule has 4 heterocycles. The van der Waals surface area contributed by atoms with Crippen molar-refractivity contribution in [2.24, 2.45) is 5.92 Å². The average molecular weight is 1300 g/mol. The van der Waals surface area contributed by atoms with Gasteiger partial charge in [0.1, 0.15) is 102 Å². The van der Waals surface area contributed by atoms with E-state index < -0.39 is 0 Å². The van der Waals surface area contributed by atoms with E-state index in [1.54, 1.807) is 0 Å².